The van der Waals surface area contributed by atoms with Gasteiger partial charge in [0.15, 0.2) is 5.82 Å². The summed E-state index contributed by atoms with van der Waals surface area (Å²) >= 11 is 6.75. The third kappa shape index (κ3) is 5.47. The van der Waals surface area contributed by atoms with E-state index in [1.54, 1.807) is 12.3 Å². The second-order valence-corrected chi connectivity index (χ2v) is 13.0. The monoisotopic (exact) mass is 685 g/mol. The van der Waals surface area contributed by atoms with Crippen LogP contribution < -0.4 is 9.64 Å². The Kier molecular flexibility index (Phi) is 8.00. The molecule has 0 radical (unpaired) electrons. The maximum absolute atomic E-state index is 17.0. The minimum absolute atomic E-state index is 0.0102. The van der Waals surface area contributed by atoms with Gasteiger partial charge in [0, 0.05) is 40.8 Å². The highest BCUT2D eigenvalue weighted by atomic mass is 35.5. The molecule has 12 nitrogen and oxygen atoms in total. The number of carbonyl (C=O) groups excluding carboxylic acids is 1. The first kappa shape index (κ1) is 31.1. The molecule has 0 saturated carbocycles. The van der Waals surface area contributed by atoms with Crippen LogP contribution in [-0.4, -0.2) is 100 Å². The molecule has 5 aliphatic heterocycles. The third-order valence-corrected chi connectivity index (χ3v) is 10.0. The van der Waals surface area contributed by atoms with Crippen molar-refractivity contribution in [3.63, 3.8) is 0 Å². The molecule has 48 heavy (non-hydrogen) atoms. The van der Waals surface area contributed by atoms with Gasteiger partial charge in [0.25, 0.3) is 6.08 Å². The van der Waals surface area contributed by atoms with Crippen molar-refractivity contribution in [1.82, 2.24) is 30.0 Å². The predicted molar refractivity (Wildman–Crippen MR) is 168 cm³/mol. The smallest absolute Gasteiger partial charge is 0.461 e. The first-order chi connectivity index (χ1) is 23.3. The lowest BCUT2D eigenvalue weighted by Crippen LogP contribution is -2.43. The summed E-state index contributed by atoms with van der Waals surface area (Å²) in [6.07, 6.45) is 2.28. The number of ether oxygens (including phenoxy) is 4. The summed E-state index contributed by atoms with van der Waals surface area (Å²) in [7, 11) is 0. The van der Waals surface area contributed by atoms with Gasteiger partial charge in [-0.3, -0.25) is 15.0 Å². The molecular weight excluding hydrogens is 655 g/mol. The normalized spacial score (nSPS) is 23.3. The van der Waals surface area contributed by atoms with Crippen LogP contribution in [0, 0.1) is 5.82 Å². The quantitative estimate of drug-likeness (QED) is 0.277. The molecule has 1 aromatic carbocycles. The summed E-state index contributed by atoms with van der Waals surface area (Å²) in [6.45, 7) is 1.84. The number of halogens is 4. The molecule has 2 atom stereocenters. The first-order valence-electron chi connectivity index (χ1n) is 15.9. The Morgan fingerprint density at radius 3 is 2.94 bits per heavy atom. The van der Waals surface area contributed by atoms with Crippen molar-refractivity contribution in [2.45, 2.75) is 43.7 Å². The van der Waals surface area contributed by atoms with E-state index in [0.29, 0.717) is 70.6 Å². The van der Waals surface area contributed by atoms with Gasteiger partial charge < -0.3 is 23.8 Å². The number of carbonyl (C=O) groups is 1. The summed E-state index contributed by atoms with van der Waals surface area (Å²) in [6, 6.07) is 1.60. The van der Waals surface area contributed by atoms with Crippen LogP contribution >= 0.6 is 11.6 Å². The molecule has 1 N–H and O–H groups in total. The van der Waals surface area contributed by atoms with Crippen molar-refractivity contribution in [3.8, 4) is 17.3 Å². The molecule has 252 valence electrons. The van der Waals surface area contributed by atoms with E-state index in [9.17, 15) is 13.6 Å². The SMILES string of the molecule is O=C1OCCCc2c(Cl)cc3[nH]ncc3c2-c2ncc3c(nc(OCC45CCCN4CC(=C(F)F)C5)nc3c2F)N2CCOC[C@H](C2)O1. The number of hydrogen-bond acceptors (Lipinski definition) is 11. The zero-order valence-corrected chi connectivity index (χ0v) is 26.5. The Balaban J connectivity index is 1.28. The molecule has 3 saturated heterocycles. The maximum atomic E-state index is 17.0. The van der Waals surface area contributed by atoms with E-state index >= 15 is 4.39 Å². The van der Waals surface area contributed by atoms with Gasteiger partial charge in [-0.15, -0.1) is 0 Å². The van der Waals surface area contributed by atoms with Crippen molar-refractivity contribution in [3.05, 3.63) is 46.5 Å². The van der Waals surface area contributed by atoms with Crippen LogP contribution in [0.5, 0.6) is 6.01 Å². The molecule has 8 heterocycles. The third-order valence-electron chi connectivity index (χ3n) is 9.67. The zero-order chi connectivity index (χ0) is 33.0. The van der Waals surface area contributed by atoms with Gasteiger partial charge >= 0.3 is 12.2 Å². The van der Waals surface area contributed by atoms with Gasteiger partial charge in [-0.05, 0) is 50.3 Å². The number of nitrogens with one attached hydrogen (secondary N) is 1. The number of fused-ring (bicyclic) bond motifs is 8. The number of anilines is 1. The van der Waals surface area contributed by atoms with Gasteiger partial charge in [-0.1, -0.05) is 11.6 Å². The van der Waals surface area contributed by atoms with Gasteiger partial charge in [-0.25, -0.2) is 9.18 Å². The summed E-state index contributed by atoms with van der Waals surface area (Å²) in [5.74, 6) is -0.412. The summed E-state index contributed by atoms with van der Waals surface area (Å²) in [5.41, 5.74) is 1.06. The molecule has 5 aliphatic rings. The van der Waals surface area contributed by atoms with E-state index < -0.39 is 29.7 Å². The van der Waals surface area contributed by atoms with E-state index in [1.807, 2.05) is 9.80 Å². The number of hydrogen-bond donors (Lipinski definition) is 1. The van der Waals surface area contributed by atoms with Crippen LogP contribution in [0.25, 0.3) is 33.1 Å². The van der Waals surface area contributed by atoms with E-state index in [0.717, 1.165) is 6.42 Å². The Labute approximate surface area is 277 Å². The van der Waals surface area contributed by atoms with Crippen molar-refractivity contribution >= 4 is 45.4 Å². The average Bonchev–Trinajstić information content (AvgIpc) is 3.73. The van der Waals surface area contributed by atoms with E-state index in [2.05, 4.69) is 20.2 Å². The molecule has 0 aliphatic carbocycles. The fraction of sp³-hybridized carbons (Fsp3) is 0.469. The van der Waals surface area contributed by atoms with E-state index in [1.165, 1.54) is 6.20 Å². The molecule has 0 amide bonds. The van der Waals surface area contributed by atoms with Crippen LogP contribution in [0.4, 0.5) is 23.8 Å². The maximum Gasteiger partial charge on any atom is 0.508 e. The molecule has 1 unspecified atom stereocenters. The largest absolute Gasteiger partial charge is 0.508 e. The summed E-state index contributed by atoms with van der Waals surface area (Å²) < 4.78 is 67.2. The first-order valence-corrected chi connectivity index (χ1v) is 16.3. The summed E-state index contributed by atoms with van der Waals surface area (Å²) in [5, 5.41) is 8.31. The minimum Gasteiger partial charge on any atom is -0.461 e. The van der Waals surface area contributed by atoms with Crippen molar-refractivity contribution in [2.24, 2.45) is 0 Å². The molecule has 6 bridgehead atoms. The number of aromatic amines is 1. The van der Waals surface area contributed by atoms with Crippen LogP contribution in [0.15, 0.2) is 30.1 Å². The van der Waals surface area contributed by atoms with Crippen molar-refractivity contribution < 1.29 is 36.9 Å². The van der Waals surface area contributed by atoms with Gasteiger partial charge in [0.2, 0.25) is 0 Å². The van der Waals surface area contributed by atoms with Crippen LogP contribution in [-0.2, 0) is 20.6 Å². The van der Waals surface area contributed by atoms with Crippen molar-refractivity contribution in [1.29, 1.82) is 0 Å². The molecule has 0 spiro atoms. The highest BCUT2D eigenvalue weighted by Crippen LogP contribution is 2.44. The highest BCUT2D eigenvalue weighted by Gasteiger charge is 2.48. The Hall–Kier alpha value is -4.21. The number of rotatable bonds is 3. The fourth-order valence-electron chi connectivity index (χ4n) is 7.40. The topological polar surface area (TPSA) is 128 Å². The van der Waals surface area contributed by atoms with Crippen LogP contribution in [0.3, 0.4) is 0 Å². The average molecular weight is 686 g/mol. The molecule has 16 heteroatoms. The van der Waals surface area contributed by atoms with Gasteiger partial charge in [0.1, 0.15) is 29.7 Å². The van der Waals surface area contributed by atoms with Crippen molar-refractivity contribution in [2.75, 3.05) is 57.5 Å². The summed E-state index contributed by atoms with van der Waals surface area (Å²) in [4.78, 5) is 30.4. The molecule has 9 rings (SSSR count). The lowest BCUT2D eigenvalue weighted by molar-refractivity contribution is -0.00448. The lowest BCUT2D eigenvalue weighted by Gasteiger charge is -2.31. The molecule has 3 fully saturated rings. The number of benzene rings is 1. The van der Waals surface area contributed by atoms with E-state index in [-0.39, 0.29) is 68.7 Å². The second kappa shape index (κ2) is 12.3. The second-order valence-electron chi connectivity index (χ2n) is 12.6. The van der Waals surface area contributed by atoms with E-state index in [4.69, 9.17) is 35.5 Å². The molecular formula is C32H31ClF3N7O5. The highest BCUT2D eigenvalue weighted by molar-refractivity contribution is 6.33. The minimum atomic E-state index is -1.66. The zero-order valence-electron chi connectivity index (χ0n) is 25.7. The molecule has 4 aromatic rings. The Bertz CT molecular complexity index is 1960. The number of pyridine rings is 1. The number of aromatic nitrogens is 5. The standard InChI is InChI=1S/C32H31ClF3N7O5/c33-22-9-23-20(12-38-41-23)24-19(22)3-1-7-46-31(44)48-18-14-42(6-8-45-15-18)29-21-11-37-27(24)25(34)26(21)39-30(40-29)47-16-32-4-2-5-43(32)13-17(10-32)28(35)36/h9,11-12,18H,1-8,10,13-16H2,(H,38,41)/t18-,32?/m0/s1. The fourth-order valence-corrected chi connectivity index (χ4v) is 7.70. The number of nitrogens with zero attached hydrogens (tertiary/aromatic N) is 6. The van der Waals surface area contributed by atoms with Crippen LogP contribution in [0.2, 0.25) is 5.02 Å². The van der Waals surface area contributed by atoms with Gasteiger partial charge in [-0.2, -0.15) is 23.8 Å². The lowest BCUT2D eigenvalue weighted by atomic mass is 9.94. The Morgan fingerprint density at radius 2 is 2.06 bits per heavy atom. The van der Waals surface area contributed by atoms with Crippen LogP contribution in [0.1, 0.15) is 31.2 Å². The van der Waals surface area contributed by atoms with Gasteiger partial charge in [0.05, 0.1) is 49.0 Å². The predicted octanol–water partition coefficient (Wildman–Crippen LogP) is 5.43. The number of H-pyrrole nitrogens is 1. The Morgan fingerprint density at radius 1 is 1.17 bits per heavy atom. The molecule has 3 aromatic heterocycles.